The molecule has 9 nitrogen and oxygen atoms in total. The second-order valence-electron chi connectivity index (χ2n) is 3.41. The highest BCUT2D eigenvalue weighted by Crippen LogP contribution is 2.13. The van der Waals surface area contributed by atoms with Crippen molar-refractivity contribution in [1.82, 2.24) is 14.1 Å². The van der Waals surface area contributed by atoms with Crippen LogP contribution in [-0.2, 0) is 26.7 Å². The van der Waals surface area contributed by atoms with Crippen LogP contribution in [0.2, 0.25) is 0 Å². The molecule has 0 aromatic carbocycles. The highest BCUT2D eigenvalue weighted by Gasteiger charge is 2.29. The minimum atomic E-state index is -4.18. The van der Waals surface area contributed by atoms with E-state index in [0.717, 1.165) is 12.4 Å². The fraction of sp³-hybridized carbons (Fsp3) is 0.375. The Morgan fingerprint density at radius 2 is 1.83 bits per heavy atom. The van der Waals surface area contributed by atoms with Gasteiger partial charge in [-0.2, -0.15) is 9.40 Å². The van der Waals surface area contributed by atoms with Crippen molar-refractivity contribution in [2.24, 2.45) is 7.05 Å². The predicted octanol–water partition coefficient (Wildman–Crippen LogP) is -1.42. The Bertz CT molecular complexity index is 547. The summed E-state index contributed by atoms with van der Waals surface area (Å²) in [6.07, 6.45) is 2.18. The van der Waals surface area contributed by atoms with Gasteiger partial charge in [-0.3, -0.25) is 14.3 Å². The molecule has 10 heteroatoms. The average Bonchev–Trinajstić information content (AvgIpc) is 2.63. The van der Waals surface area contributed by atoms with Crippen molar-refractivity contribution < 1.29 is 28.2 Å². The maximum atomic E-state index is 12.0. The molecule has 0 aliphatic rings. The lowest BCUT2D eigenvalue weighted by molar-refractivity contribution is -0.139. The molecule has 0 fully saturated rings. The van der Waals surface area contributed by atoms with Crippen molar-refractivity contribution >= 4 is 22.0 Å². The number of nitrogens with zero attached hydrogens (tertiary/aromatic N) is 3. The molecule has 0 unspecified atom stereocenters. The lowest BCUT2D eigenvalue weighted by atomic mass is 10.6. The van der Waals surface area contributed by atoms with Crippen molar-refractivity contribution in [3.8, 4) is 0 Å². The van der Waals surface area contributed by atoms with E-state index in [9.17, 15) is 18.0 Å². The van der Waals surface area contributed by atoms with Crippen molar-refractivity contribution in [3.63, 3.8) is 0 Å². The van der Waals surface area contributed by atoms with E-state index in [-0.39, 0.29) is 4.90 Å². The van der Waals surface area contributed by atoms with E-state index in [4.69, 9.17) is 10.2 Å². The zero-order chi connectivity index (χ0) is 13.9. The molecule has 0 amide bonds. The smallest absolute Gasteiger partial charge is 0.318 e. The van der Waals surface area contributed by atoms with Gasteiger partial charge in [0.1, 0.15) is 18.0 Å². The van der Waals surface area contributed by atoms with E-state index in [2.05, 4.69) is 5.10 Å². The zero-order valence-corrected chi connectivity index (χ0v) is 10.2. The van der Waals surface area contributed by atoms with Gasteiger partial charge < -0.3 is 10.2 Å². The van der Waals surface area contributed by atoms with Crippen LogP contribution in [0, 0.1) is 0 Å². The number of aromatic nitrogens is 2. The molecule has 0 spiro atoms. The van der Waals surface area contributed by atoms with Crippen LogP contribution < -0.4 is 0 Å². The summed E-state index contributed by atoms with van der Waals surface area (Å²) in [5, 5.41) is 20.8. The molecule has 0 bridgehead atoms. The van der Waals surface area contributed by atoms with E-state index < -0.39 is 35.1 Å². The number of aryl methyl sites for hydroxylation is 1. The quantitative estimate of drug-likeness (QED) is 0.652. The summed E-state index contributed by atoms with van der Waals surface area (Å²) in [5.74, 6) is -2.88. The van der Waals surface area contributed by atoms with Gasteiger partial charge in [-0.1, -0.05) is 0 Å². The van der Waals surface area contributed by atoms with E-state index >= 15 is 0 Å². The number of rotatable bonds is 6. The fourth-order valence-corrected chi connectivity index (χ4v) is 2.53. The molecule has 2 N–H and O–H groups in total. The zero-order valence-electron chi connectivity index (χ0n) is 9.35. The summed E-state index contributed by atoms with van der Waals surface area (Å²) in [6.45, 7) is -1.85. The fourth-order valence-electron chi connectivity index (χ4n) is 1.21. The maximum Gasteiger partial charge on any atom is 0.318 e. The van der Waals surface area contributed by atoms with Crippen LogP contribution in [0.25, 0.3) is 0 Å². The number of aliphatic carboxylic acids is 2. The Morgan fingerprint density at radius 3 is 2.17 bits per heavy atom. The monoisotopic (exact) mass is 277 g/mol. The Hall–Kier alpha value is -1.94. The first-order valence-corrected chi connectivity index (χ1v) is 6.10. The molecule has 0 saturated carbocycles. The van der Waals surface area contributed by atoms with Gasteiger partial charge in [-0.05, 0) is 0 Å². The standard InChI is InChI=1S/C8H11N3O6S/c1-10-3-6(2-9-10)18(16,17)11(4-7(12)13)5-8(14)15/h2-3H,4-5H2,1H3,(H,12,13)(H,14,15). The number of hydrogen-bond acceptors (Lipinski definition) is 5. The Morgan fingerprint density at radius 1 is 1.33 bits per heavy atom. The van der Waals surface area contributed by atoms with Crippen LogP contribution in [-0.4, -0.2) is 57.7 Å². The Labute approximate surface area is 102 Å². The van der Waals surface area contributed by atoms with E-state index in [0.29, 0.717) is 4.31 Å². The summed E-state index contributed by atoms with van der Waals surface area (Å²) >= 11 is 0. The molecule has 1 rings (SSSR count). The summed E-state index contributed by atoms with van der Waals surface area (Å²) in [4.78, 5) is 20.9. The summed E-state index contributed by atoms with van der Waals surface area (Å²) in [6, 6.07) is 0. The number of hydrogen-bond donors (Lipinski definition) is 2. The topological polar surface area (TPSA) is 130 Å². The second-order valence-corrected chi connectivity index (χ2v) is 5.35. The molecule has 0 aliphatic carbocycles. The third kappa shape index (κ3) is 3.28. The van der Waals surface area contributed by atoms with Crippen LogP contribution in [0.1, 0.15) is 0 Å². The van der Waals surface area contributed by atoms with E-state index in [1.165, 1.54) is 11.7 Å². The third-order valence-corrected chi connectivity index (χ3v) is 3.69. The van der Waals surface area contributed by atoms with Gasteiger partial charge in [-0.25, -0.2) is 8.42 Å². The molecular formula is C8H11N3O6S. The number of carboxylic acid groups (broad SMARTS) is 2. The second kappa shape index (κ2) is 5.14. The number of carbonyl (C=O) groups is 2. The highest BCUT2D eigenvalue weighted by molar-refractivity contribution is 7.89. The molecule has 18 heavy (non-hydrogen) atoms. The van der Waals surface area contributed by atoms with Crippen molar-refractivity contribution in [1.29, 1.82) is 0 Å². The first kappa shape index (κ1) is 14.1. The Balaban J connectivity index is 3.10. The van der Waals surface area contributed by atoms with E-state index in [1.807, 2.05) is 0 Å². The Kier molecular flexibility index (Phi) is 4.03. The molecule has 0 saturated heterocycles. The van der Waals surface area contributed by atoms with Crippen LogP contribution >= 0.6 is 0 Å². The third-order valence-electron chi connectivity index (χ3n) is 1.94. The SMILES string of the molecule is Cn1cc(S(=O)(=O)N(CC(=O)O)CC(=O)O)cn1. The first-order chi connectivity index (χ1) is 8.23. The maximum absolute atomic E-state index is 12.0. The first-order valence-electron chi connectivity index (χ1n) is 4.66. The lowest BCUT2D eigenvalue weighted by Gasteiger charge is -2.16. The lowest BCUT2D eigenvalue weighted by Crippen LogP contribution is -2.39. The number of carboxylic acids is 2. The normalized spacial score (nSPS) is 11.7. The molecule has 100 valence electrons. The molecule has 1 aromatic heterocycles. The molecule has 0 radical (unpaired) electrons. The van der Waals surface area contributed by atoms with Gasteiger partial charge in [0.25, 0.3) is 0 Å². The number of sulfonamides is 1. The van der Waals surface area contributed by atoms with Crippen LogP contribution in [0.5, 0.6) is 0 Å². The van der Waals surface area contributed by atoms with Gasteiger partial charge in [0, 0.05) is 13.2 Å². The minimum Gasteiger partial charge on any atom is -0.480 e. The molecular weight excluding hydrogens is 266 g/mol. The largest absolute Gasteiger partial charge is 0.480 e. The molecule has 1 heterocycles. The van der Waals surface area contributed by atoms with Crippen LogP contribution in [0.15, 0.2) is 17.3 Å². The van der Waals surface area contributed by atoms with Crippen molar-refractivity contribution in [3.05, 3.63) is 12.4 Å². The van der Waals surface area contributed by atoms with Gasteiger partial charge >= 0.3 is 11.9 Å². The van der Waals surface area contributed by atoms with Gasteiger partial charge in [0.05, 0.1) is 6.20 Å². The van der Waals surface area contributed by atoms with E-state index in [1.54, 1.807) is 0 Å². The van der Waals surface area contributed by atoms with Gasteiger partial charge in [-0.15, -0.1) is 0 Å². The minimum absolute atomic E-state index is 0.257. The van der Waals surface area contributed by atoms with Crippen molar-refractivity contribution in [2.75, 3.05) is 13.1 Å². The molecule has 0 aliphatic heterocycles. The molecule has 0 atom stereocenters. The van der Waals surface area contributed by atoms with Crippen LogP contribution in [0.3, 0.4) is 0 Å². The molecule has 1 aromatic rings. The van der Waals surface area contributed by atoms with Crippen molar-refractivity contribution in [2.45, 2.75) is 4.90 Å². The highest BCUT2D eigenvalue weighted by atomic mass is 32.2. The predicted molar refractivity (Wildman–Crippen MR) is 57.2 cm³/mol. The summed E-state index contributed by atoms with van der Waals surface area (Å²) in [5.41, 5.74) is 0. The summed E-state index contributed by atoms with van der Waals surface area (Å²) < 4.78 is 25.5. The van der Waals surface area contributed by atoms with Gasteiger partial charge in [0.2, 0.25) is 10.0 Å². The summed E-state index contributed by atoms with van der Waals surface area (Å²) in [7, 11) is -2.70. The average molecular weight is 277 g/mol. The van der Waals surface area contributed by atoms with Crippen LogP contribution in [0.4, 0.5) is 0 Å². The van der Waals surface area contributed by atoms with Gasteiger partial charge in [0.15, 0.2) is 0 Å².